The number of amidine groups is 1. The molecular weight excluding hydrogens is 232 g/mol. The van der Waals surface area contributed by atoms with Gasteiger partial charge in [0.1, 0.15) is 5.75 Å². The quantitative estimate of drug-likeness (QED) is 0.372. The van der Waals surface area contributed by atoms with Crippen LogP contribution in [0.3, 0.4) is 0 Å². The van der Waals surface area contributed by atoms with E-state index in [1.165, 1.54) is 0 Å². The Morgan fingerprint density at radius 3 is 2.56 bits per heavy atom. The second-order valence-electron chi connectivity index (χ2n) is 4.91. The maximum atomic E-state index is 8.67. The van der Waals surface area contributed by atoms with Crippen molar-refractivity contribution >= 4 is 5.84 Å². The van der Waals surface area contributed by atoms with E-state index in [1.54, 1.807) is 25.3 Å². The van der Waals surface area contributed by atoms with Crippen molar-refractivity contribution < 1.29 is 14.7 Å². The van der Waals surface area contributed by atoms with Crippen LogP contribution in [0.25, 0.3) is 0 Å². The molecule has 0 saturated carbocycles. The van der Waals surface area contributed by atoms with Gasteiger partial charge in [-0.3, -0.25) is 0 Å². The molecule has 1 aromatic carbocycles. The summed E-state index contributed by atoms with van der Waals surface area (Å²) in [6.45, 7) is 6.34. The lowest BCUT2D eigenvalue weighted by molar-refractivity contribution is -0.0156. The zero-order chi connectivity index (χ0) is 13.8. The standard InChI is InChI=1S/C13H20N2O3/c1-13(2,3)18-8-10-7-9(12(14)15-16)5-6-11(10)17-4/h5-7,16H,8H2,1-4H3,(H2,14,15). The van der Waals surface area contributed by atoms with E-state index in [0.29, 0.717) is 17.9 Å². The number of methoxy groups -OCH3 is 1. The average molecular weight is 252 g/mol. The van der Waals surface area contributed by atoms with Gasteiger partial charge in [-0.25, -0.2) is 0 Å². The molecule has 1 rings (SSSR count). The Kier molecular flexibility index (Phi) is 4.55. The molecule has 0 aromatic heterocycles. The van der Waals surface area contributed by atoms with E-state index in [2.05, 4.69) is 5.16 Å². The van der Waals surface area contributed by atoms with Crippen LogP contribution in [0.15, 0.2) is 23.4 Å². The third kappa shape index (κ3) is 3.92. The number of nitrogens with zero attached hydrogens (tertiary/aromatic N) is 1. The van der Waals surface area contributed by atoms with Crippen LogP contribution in [0.4, 0.5) is 0 Å². The van der Waals surface area contributed by atoms with Gasteiger partial charge in [0.05, 0.1) is 19.3 Å². The van der Waals surface area contributed by atoms with E-state index in [4.69, 9.17) is 20.4 Å². The summed E-state index contributed by atoms with van der Waals surface area (Å²) in [6, 6.07) is 5.29. The van der Waals surface area contributed by atoms with Crippen molar-refractivity contribution in [3.05, 3.63) is 29.3 Å². The van der Waals surface area contributed by atoms with Crippen LogP contribution in [-0.4, -0.2) is 23.8 Å². The molecule has 0 heterocycles. The van der Waals surface area contributed by atoms with Gasteiger partial charge in [0.25, 0.3) is 0 Å². The van der Waals surface area contributed by atoms with Gasteiger partial charge in [-0.05, 0) is 39.0 Å². The van der Waals surface area contributed by atoms with Crippen molar-refractivity contribution in [2.45, 2.75) is 33.0 Å². The first-order valence-corrected chi connectivity index (χ1v) is 5.66. The molecule has 0 unspecified atom stereocenters. The maximum Gasteiger partial charge on any atom is 0.170 e. The monoisotopic (exact) mass is 252 g/mol. The highest BCUT2D eigenvalue weighted by atomic mass is 16.5. The predicted octanol–water partition coefficient (Wildman–Crippen LogP) is 2.10. The van der Waals surface area contributed by atoms with Crippen molar-refractivity contribution in [1.29, 1.82) is 0 Å². The number of rotatable bonds is 4. The van der Waals surface area contributed by atoms with Gasteiger partial charge in [-0.1, -0.05) is 5.16 Å². The molecule has 0 bridgehead atoms. The number of oxime groups is 1. The topological polar surface area (TPSA) is 77.1 Å². The molecule has 0 fully saturated rings. The maximum absolute atomic E-state index is 8.67. The minimum absolute atomic E-state index is 0.0645. The lowest BCUT2D eigenvalue weighted by Crippen LogP contribution is -2.19. The van der Waals surface area contributed by atoms with Crippen molar-refractivity contribution in [2.75, 3.05) is 7.11 Å². The average Bonchev–Trinajstić information content (AvgIpc) is 2.34. The van der Waals surface area contributed by atoms with E-state index < -0.39 is 0 Å². The third-order valence-electron chi connectivity index (χ3n) is 2.34. The predicted molar refractivity (Wildman–Crippen MR) is 70.0 cm³/mol. The molecule has 0 amide bonds. The molecule has 5 nitrogen and oxygen atoms in total. The molecule has 0 spiro atoms. The summed E-state index contributed by atoms with van der Waals surface area (Å²) in [5.74, 6) is 0.781. The van der Waals surface area contributed by atoms with E-state index in [9.17, 15) is 0 Å². The van der Waals surface area contributed by atoms with Crippen molar-refractivity contribution in [2.24, 2.45) is 10.9 Å². The second kappa shape index (κ2) is 5.73. The molecule has 5 heteroatoms. The van der Waals surface area contributed by atoms with Gasteiger partial charge < -0.3 is 20.4 Å². The van der Waals surface area contributed by atoms with Gasteiger partial charge in [0.15, 0.2) is 5.84 Å². The van der Waals surface area contributed by atoms with E-state index >= 15 is 0 Å². The molecule has 0 radical (unpaired) electrons. The van der Waals surface area contributed by atoms with E-state index in [0.717, 1.165) is 5.56 Å². The Labute approximate surface area is 107 Å². The molecule has 0 saturated heterocycles. The Hall–Kier alpha value is -1.75. The zero-order valence-corrected chi connectivity index (χ0v) is 11.2. The van der Waals surface area contributed by atoms with Crippen LogP contribution in [0.5, 0.6) is 5.75 Å². The number of hydrogen-bond acceptors (Lipinski definition) is 4. The molecule has 100 valence electrons. The van der Waals surface area contributed by atoms with E-state index in [1.807, 2.05) is 20.8 Å². The van der Waals surface area contributed by atoms with Crippen molar-refractivity contribution in [1.82, 2.24) is 0 Å². The molecule has 1 aromatic rings. The first-order chi connectivity index (χ1) is 8.37. The number of hydrogen-bond donors (Lipinski definition) is 2. The van der Waals surface area contributed by atoms with Gasteiger partial charge in [-0.2, -0.15) is 0 Å². The van der Waals surface area contributed by atoms with Gasteiger partial charge in [0, 0.05) is 11.1 Å². The SMILES string of the molecule is COc1ccc(/C(N)=N/O)cc1COC(C)(C)C. The van der Waals surface area contributed by atoms with Gasteiger partial charge >= 0.3 is 0 Å². The fourth-order valence-electron chi connectivity index (χ4n) is 1.40. The summed E-state index contributed by atoms with van der Waals surface area (Å²) in [6.07, 6.45) is 0. The van der Waals surface area contributed by atoms with Gasteiger partial charge in [0.2, 0.25) is 0 Å². The summed E-state index contributed by atoms with van der Waals surface area (Å²) in [5.41, 5.74) is 6.80. The van der Waals surface area contributed by atoms with Crippen LogP contribution in [0.1, 0.15) is 31.9 Å². The number of benzene rings is 1. The van der Waals surface area contributed by atoms with Crippen molar-refractivity contribution in [3.8, 4) is 5.75 Å². The van der Waals surface area contributed by atoms with Gasteiger partial charge in [-0.15, -0.1) is 0 Å². The van der Waals surface area contributed by atoms with Crippen LogP contribution in [-0.2, 0) is 11.3 Å². The molecule has 18 heavy (non-hydrogen) atoms. The number of nitrogens with two attached hydrogens (primary N) is 1. The highest BCUT2D eigenvalue weighted by Crippen LogP contribution is 2.22. The molecule has 0 aliphatic carbocycles. The molecule has 0 aliphatic rings. The van der Waals surface area contributed by atoms with Crippen LogP contribution in [0.2, 0.25) is 0 Å². The summed E-state index contributed by atoms with van der Waals surface area (Å²) >= 11 is 0. The van der Waals surface area contributed by atoms with Crippen LogP contribution < -0.4 is 10.5 Å². The van der Waals surface area contributed by atoms with Crippen LogP contribution in [0, 0.1) is 0 Å². The fraction of sp³-hybridized carbons (Fsp3) is 0.462. The summed E-state index contributed by atoms with van der Waals surface area (Å²) < 4.78 is 11.0. The Morgan fingerprint density at radius 1 is 1.39 bits per heavy atom. The minimum Gasteiger partial charge on any atom is -0.496 e. The molecule has 3 N–H and O–H groups in total. The first kappa shape index (κ1) is 14.3. The lowest BCUT2D eigenvalue weighted by atomic mass is 10.1. The van der Waals surface area contributed by atoms with Crippen LogP contribution >= 0.6 is 0 Å². The normalized spacial score (nSPS) is 12.6. The Balaban J connectivity index is 2.99. The summed E-state index contributed by atoms with van der Waals surface area (Å²) in [4.78, 5) is 0. The molecule has 0 aliphatic heterocycles. The molecule has 0 atom stereocenters. The summed E-state index contributed by atoms with van der Waals surface area (Å²) in [7, 11) is 1.60. The highest BCUT2D eigenvalue weighted by Gasteiger charge is 2.13. The number of ether oxygens (including phenoxy) is 2. The second-order valence-corrected chi connectivity index (χ2v) is 4.91. The Bertz CT molecular complexity index is 436. The zero-order valence-electron chi connectivity index (χ0n) is 11.2. The highest BCUT2D eigenvalue weighted by molar-refractivity contribution is 5.97. The summed E-state index contributed by atoms with van der Waals surface area (Å²) in [5, 5.41) is 11.6. The largest absolute Gasteiger partial charge is 0.496 e. The molecular formula is C13H20N2O3. The third-order valence-corrected chi connectivity index (χ3v) is 2.34. The first-order valence-electron chi connectivity index (χ1n) is 5.66. The van der Waals surface area contributed by atoms with Crippen molar-refractivity contribution in [3.63, 3.8) is 0 Å². The van der Waals surface area contributed by atoms with E-state index in [-0.39, 0.29) is 11.4 Å². The smallest absolute Gasteiger partial charge is 0.170 e. The Morgan fingerprint density at radius 2 is 2.06 bits per heavy atom. The fourth-order valence-corrected chi connectivity index (χ4v) is 1.40. The minimum atomic E-state index is -0.238. The lowest BCUT2D eigenvalue weighted by Gasteiger charge is -2.20.